The first kappa shape index (κ1) is 11.8. The second-order valence-electron chi connectivity index (χ2n) is 4.45. The van der Waals surface area contributed by atoms with Gasteiger partial charge in [-0.15, -0.1) is 0 Å². The molecule has 0 atom stereocenters. The molecule has 0 N–H and O–H groups in total. The molecular formula is C11H15BrN2O2. The van der Waals surface area contributed by atoms with Gasteiger partial charge < -0.3 is 4.74 Å². The predicted octanol–water partition coefficient (Wildman–Crippen LogP) is 2.27. The number of ketones is 1. The molecule has 0 amide bonds. The average Bonchev–Trinajstić information content (AvgIpc) is 2.90. The zero-order chi connectivity index (χ0) is 11.8. The summed E-state index contributed by atoms with van der Waals surface area (Å²) in [4.78, 5) is 12.3. The number of halogens is 1. The molecule has 1 saturated carbocycles. The van der Waals surface area contributed by atoms with E-state index in [-0.39, 0.29) is 11.2 Å². The van der Waals surface area contributed by atoms with E-state index in [1.54, 1.807) is 18.0 Å². The van der Waals surface area contributed by atoms with E-state index in [2.05, 4.69) is 21.0 Å². The van der Waals surface area contributed by atoms with Crippen LogP contribution < -0.4 is 0 Å². The van der Waals surface area contributed by atoms with E-state index in [1.165, 1.54) is 0 Å². The highest BCUT2D eigenvalue weighted by Crippen LogP contribution is 2.48. The number of Topliss-reactive ketones (excluding diaryl/α,β-unsaturated/α-hetero) is 1. The van der Waals surface area contributed by atoms with E-state index < -0.39 is 0 Å². The zero-order valence-electron chi connectivity index (χ0n) is 9.49. The number of nitrogens with zero attached hydrogens (tertiary/aromatic N) is 2. The number of rotatable bonds is 5. The van der Waals surface area contributed by atoms with Gasteiger partial charge in [-0.1, -0.05) is 6.92 Å². The minimum atomic E-state index is -0.159. The fourth-order valence-corrected chi connectivity index (χ4v) is 2.11. The summed E-state index contributed by atoms with van der Waals surface area (Å²) in [5.41, 5.74) is 0.518. The van der Waals surface area contributed by atoms with Crippen molar-refractivity contribution in [1.29, 1.82) is 0 Å². The normalized spacial score (nSPS) is 17.4. The van der Waals surface area contributed by atoms with Crippen LogP contribution in [-0.4, -0.2) is 29.3 Å². The molecule has 0 bridgehead atoms. The molecule has 1 aromatic rings. The van der Waals surface area contributed by atoms with Crippen LogP contribution in [0.1, 0.15) is 30.3 Å². The summed E-state index contributed by atoms with van der Waals surface area (Å²) >= 11 is 3.38. The van der Waals surface area contributed by atoms with Gasteiger partial charge in [-0.3, -0.25) is 9.48 Å². The topological polar surface area (TPSA) is 44.1 Å². The van der Waals surface area contributed by atoms with Crippen LogP contribution in [-0.2, 0) is 11.3 Å². The van der Waals surface area contributed by atoms with Crippen molar-refractivity contribution < 1.29 is 9.53 Å². The molecule has 4 nitrogen and oxygen atoms in total. The minimum absolute atomic E-state index is 0.159. The fraction of sp³-hybridized carbons (Fsp3) is 0.636. The van der Waals surface area contributed by atoms with Crippen molar-refractivity contribution in [1.82, 2.24) is 9.78 Å². The molecule has 88 valence electrons. The van der Waals surface area contributed by atoms with Gasteiger partial charge >= 0.3 is 0 Å². The first-order chi connectivity index (χ1) is 7.58. The van der Waals surface area contributed by atoms with Gasteiger partial charge in [0.15, 0.2) is 5.78 Å². The maximum atomic E-state index is 12.3. The number of hydrogen-bond acceptors (Lipinski definition) is 3. The van der Waals surface area contributed by atoms with Crippen LogP contribution in [0.3, 0.4) is 0 Å². The van der Waals surface area contributed by atoms with Crippen LogP contribution in [0.2, 0.25) is 0 Å². The molecule has 16 heavy (non-hydrogen) atoms. The Morgan fingerprint density at radius 2 is 2.38 bits per heavy atom. The first-order valence-corrected chi connectivity index (χ1v) is 6.13. The molecule has 2 rings (SSSR count). The molecule has 1 aliphatic carbocycles. The van der Waals surface area contributed by atoms with E-state index >= 15 is 0 Å². The molecule has 0 aliphatic heterocycles. The molecule has 1 aromatic heterocycles. The van der Waals surface area contributed by atoms with Crippen molar-refractivity contribution >= 4 is 21.7 Å². The van der Waals surface area contributed by atoms with E-state index in [0.717, 1.165) is 17.3 Å². The summed E-state index contributed by atoms with van der Waals surface area (Å²) < 4.78 is 7.50. The van der Waals surface area contributed by atoms with E-state index in [9.17, 15) is 4.79 Å². The van der Waals surface area contributed by atoms with Crippen molar-refractivity contribution in [3.05, 3.63) is 16.4 Å². The third kappa shape index (κ3) is 2.06. The van der Waals surface area contributed by atoms with Gasteiger partial charge in [0, 0.05) is 12.5 Å². The summed E-state index contributed by atoms with van der Waals surface area (Å²) in [7, 11) is 1.64. The first-order valence-electron chi connectivity index (χ1n) is 5.33. The standard InChI is InChI=1S/C11H15BrN2O2/c1-11(3-4-11)10(15)9-8(12)7-13-14(9)5-6-16-2/h7H,3-6H2,1-2H3. The number of carbonyl (C=O) groups is 1. The van der Waals surface area contributed by atoms with Gasteiger partial charge in [-0.2, -0.15) is 5.10 Å². The Bertz CT molecular complexity index is 410. The van der Waals surface area contributed by atoms with Gasteiger partial charge in [0.05, 0.1) is 23.8 Å². The lowest BCUT2D eigenvalue weighted by atomic mass is 10.0. The van der Waals surface area contributed by atoms with Crippen LogP contribution in [0.4, 0.5) is 0 Å². The van der Waals surface area contributed by atoms with Crippen LogP contribution >= 0.6 is 15.9 Å². The van der Waals surface area contributed by atoms with Crippen LogP contribution in [0, 0.1) is 5.41 Å². The van der Waals surface area contributed by atoms with Gasteiger partial charge in [0.25, 0.3) is 0 Å². The van der Waals surface area contributed by atoms with Gasteiger partial charge in [-0.25, -0.2) is 0 Å². The predicted molar refractivity (Wildman–Crippen MR) is 63.5 cm³/mol. The summed E-state index contributed by atoms with van der Waals surface area (Å²) in [5, 5.41) is 4.18. The Morgan fingerprint density at radius 3 is 2.94 bits per heavy atom. The highest BCUT2D eigenvalue weighted by atomic mass is 79.9. The fourth-order valence-electron chi connectivity index (χ4n) is 1.64. The number of ether oxygens (including phenoxy) is 1. The monoisotopic (exact) mass is 286 g/mol. The molecule has 0 unspecified atom stereocenters. The van der Waals surface area contributed by atoms with Crippen LogP contribution in [0.25, 0.3) is 0 Å². The lowest BCUT2D eigenvalue weighted by Gasteiger charge is -2.10. The molecule has 0 radical (unpaired) electrons. The highest BCUT2D eigenvalue weighted by Gasteiger charge is 2.46. The quantitative estimate of drug-likeness (QED) is 0.780. The van der Waals surface area contributed by atoms with Gasteiger partial charge in [-0.05, 0) is 28.8 Å². The maximum Gasteiger partial charge on any atom is 0.187 e. The number of carbonyl (C=O) groups excluding carboxylic acids is 1. The van der Waals surface area contributed by atoms with Crippen molar-refractivity contribution in [2.75, 3.05) is 13.7 Å². The molecule has 5 heteroatoms. The summed E-state index contributed by atoms with van der Waals surface area (Å²) in [6.45, 7) is 3.18. The zero-order valence-corrected chi connectivity index (χ0v) is 11.1. The highest BCUT2D eigenvalue weighted by molar-refractivity contribution is 9.10. The average molecular weight is 287 g/mol. The molecule has 0 saturated heterocycles. The van der Waals surface area contributed by atoms with Crippen molar-refractivity contribution in [2.45, 2.75) is 26.3 Å². The van der Waals surface area contributed by atoms with Crippen LogP contribution in [0.15, 0.2) is 10.7 Å². The molecule has 1 heterocycles. The summed E-state index contributed by atoms with van der Waals surface area (Å²) in [6.07, 6.45) is 3.64. The largest absolute Gasteiger partial charge is 0.383 e. The van der Waals surface area contributed by atoms with E-state index in [1.807, 2.05) is 6.92 Å². The minimum Gasteiger partial charge on any atom is -0.383 e. The molecule has 0 spiro atoms. The smallest absolute Gasteiger partial charge is 0.187 e. The molecule has 1 aliphatic rings. The Balaban J connectivity index is 2.24. The number of hydrogen-bond donors (Lipinski definition) is 0. The third-order valence-electron chi connectivity index (χ3n) is 3.07. The second kappa shape index (κ2) is 4.30. The number of methoxy groups -OCH3 is 1. The summed E-state index contributed by atoms with van der Waals surface area (Å²) in [5.74, 6) is 0.188. The van der Waals surface area contributed by atoms with Gasteiger partial charge in [0.2, 0.25) is 0 Å². The SMILES string of the molecule is COCCn1ncc(Br)c1C(=O)C1(C)CC1. The Morgan fingerprint density at radius 1 is 1.69 bits per heavy atom. The van der Waals surface area contributed by atoms with E-state index in [0.29, 0.717) is 18.8 Å². The van der Waals surface area contributed by atoms with Crippen molar-refractivity contribution in [3.63, 3.8) is 0 Å². The second-order valence-corrected chi connectivity index (χ2v) is 5.30. The lowest BCUT2D eigenvalue weighted by Crippen LogP contribution is -2.19. The van der Waals surface area contributed by atoms with Gasteiger partial charge in [0.1, 0.15) is 5.69 Å². The molecule has 1 fully saturated rings. The Hall–Kier alpha value is -0.680. The molecule has 0 aromatic carbocycles. The molecular weight excluding hydrogens is 272 g/mol. The van der Waals surface area contributed by atoms with E-state index in [4.69, 9.17) is 4.74 Å². The Kier molecular flexibility index (Phi) is 3.17. The lowest BCUT2D eigenvalue weighted by molar-refractivity contribution is 0.0897. The summed E-state index contributed by atoms with van der Waals surface area (Å²) in [6, 6.07) is 0. The Labute approximate surface area is 103 Å². The maximum absolute atomic E-state index is 12.3. The van der Waals surface area contributed by atoms with Crippen molar-refractivity contribution in [3.8, 4) is 0 Å². The number of aromatic nitrogens is 2. The van der Waals surface area contributed by atoms with Crippen LogP contribution in [0.5, 0.6) is 0 Å². The van der Waals surface area contributed by atoms with Crippen molar-refractivity contribution in [2.24, 2.45) is 5.41 Å². The third-order valence-corrected chi connectivity index (χ3v) is 3.65.